The Labute approximate surface area is 113 Å². The Kier molecular flexibility index (Phi) is 4.57. The minimum absolute atomic E-state index is 0.153. The summed E-state index contributed by atoms with van der Waals surface area (Å²) in [7, 11) is -1.64. The number of morpholine rings is 1. The zero-order valence-corrected chi connectivity index (χ0v) is 11.2. The average molecular weight is 267 g/mol. The van der Waals surface area contributed by atoms with Crippen molar-refractivity contribution in [2.75, 3.05) is 13.1 Å². The molecule has 0 aromatic heterocycles. The van der Waals surface area contributed by atoms with Crippen molar-refractivity contribution in [1.29, 1.82) is 0 Å². The molecule has 4 nitrogen and oxygen atoms in total. The molecule has 1 aromatic rings. The summed E-state index contributed by atoms with van der Waals surface area (Å²) < 4.78 is 19.1. The lowest BCUT2D eigenvalue weighted by Gasteiger charge is -2.35. The van der Waals surface area contributed by atoms with Crippen molar-refractivity contribution in [3.8, 4) is 0 Å². The monoisotopic (exact) mass is 267 g/mol. The Morgan fingerprint density at radius 2 is 1.89 bits per heavy atom. The van der Waals surface area contributed by atoms with Crippen LogP contribution in [0.5, 0.6) is 0 Å². The maximum Gasteiger partial charge on any atom is 0.488 e. The lowest BCUT2D eigenvalue weighted by atomic mass is 9.79. The highest BCUT2D eigenvalue weighted by molar-refractivity contribution is 6.58. The van der Waals surface area contributed by atoms with E-state index < -0.39 is 12.9 Å². The summed E-state index contributed by atoms with van der Waals surface area (Å²) >= 11 is 0. The van der Waals surface area contributed by atoms with Crippen molar-refractivity contribution >= 4 is 12.6 Å². The Bertz CT molecular complexity index is 434. The van der Waals surface area contributed by atoms with Crippen molar-refractivity contribution in [2.24, 2.45) is 0 Å². The molecular weight excluding hydrogens is 248 g/mol. The zero-order valence-electron chi connectivity index (χ0n) is 11.2. The summed E-state index contributed by atoms with van der Waals surface area (Å²) in [6.07, 6.45) is 0.306. The van der Waals surface area contributed by atoms with Gasteiger partial charge in [-0.15, -0.1) is 0 Å². The fourth-order valence-electron chi connectivity index (χ4n) is 2.59. The van der Waals surface area contributed by atoms with E-state index in [1.54, 1.807) is 6.07 Å². The van der Waals surface area contributed by atoms with Crippen molar-refractivity contribution in [1.82, 2.24) is 4.90 Å². The van der Waals surface area contributed by atoms with Gasteiger partial charge in [0.1, 0.15) is 5.82 Å². The summed E-state index contributed by atoms with van der Waals surface area (Å²) in [5, 5.41) is 18.2. The second kappa shape index (κ2) is 6.01. The van der Waals surface area contributed by atoms with Gasteiger partial charge in [-0.3, -0.25) is 4.90 Å². The largest absolute Gasteiger partial charge is 0.488 e. The van der Waals surface area contributed by atoms with E-state index in [1.165, 1.54) is 6.07 Å². The number of hydrogen-bond acceptors (Lipinski definition) is 4. The summed E-state index contributed by atoms with van der Waals surface area (Å²) in [6.45, 7) is 6.18. The van der Waals surface area contributed by atoms with Gasteiger partial charge in [0, 0.05) is 19.6 Å². The number of ether oxygens (including phenoxy) is 1. The van der Waals surface area contributed by atoms with E-state index >= 15 is 0 Å². The lowest BCUT2D eigenvalue weighted by Crippen LogP contribution is -2.45. The van der Waals surface area contributed by atoms with Gasteiger partial charge < -0.3 is 14.8 Å². The van der Waals surface area contributed by atoms with Crippen molar-refractivity contribution in [2.45, 2.75) is 32.6 Å². The molecule has 19 heavy (non-hydrogen) atoms. The second-order valence-corrected chi connectivity index (χ2v) is 5.22. The normalized spacial score (nSPS) is 24.5. The van der Waals surface area contributed by atoms with Crippen molar-refractivity contribution in [3.05, 3.63) is 29.6 Å². The van der Waals surface area contributed by atoms with Crippen molar-refractivity contribution in [3.63, 3.8) is 0 Å². The lowest BCUT2D eigenvalue weighted by molar-refractivity contribution is -0.0705. The van der Waals surface area contributed by atoms with Gasteiger partial charge >= 0.3 is 7.12 Å². The highest BCUT2D eigenvalue weighted by Crippen LogP contribution is 2.14. The molecule has 6 heteroatoms. The molecule has 0 amide bonds. The summed E-state index contributed by atoms with van der Waals surface area (Å²) in [6, 6.07) is 4.19. The average Bonchev–Trinajstić information content (AvgIpc) is 2.26. The van der Waals surface area contributed by atoms with Gasteiger partial charge in [0.15, 0.2) is 0 Å². The molecule has 1 saturated heterocycles. The third kappa shape index (κ3) is 4.01. The van der Waals surface area contributed by atoms with E-state index in [0.717, 1.165) is 24.7 Å². The fourth-order valence-corrected chi connectivity index (χ4v) is 2.59. The van der Waals surface area contributed by atoms with Crippen LogP contribution in [0.1, 0.15) is 19.4 Å². The number of halogens is 1. The molecule has 2 rings (SSSR count). The predicted octanol–water partition coefficient (Wildman–Crippen LogP) is 0.115. The maximum atomic E-state index is 13.4. The molecular formula is C13H19BFNO3. The molecule has 0 bridgehead atoms. The molecule has 0 saturated carbocycles. The molecule has 1 aliphatic rings. The third-order valence-electron chi connectivity index (χ3n) is 3.18. The Morgan fingerprint density at radius 1 is 1.26 bits per heavy atom. The summed E-state index contributed by atoms with van der Waals surface area (Å²) in [5.74, 6) is -0.449. The van der Waals surface area contributed by atoms with E-state index in [2.05, 4.69) is 4.90 Å². The van der Waals surface area contributed by atoms with E-state index in [9.17, 15) is 4.39 Å². The van der Waals surface area contributed by atoms with Gasteiger partial charge in [0.2, 0.25) is 0 Å². The van der Waals surface area contributed by atoms with E-state index in [1.807, 2.05) is 13.8 Å². The van der Waals surface area contributed by atoms with E-state index in [-0.39, 0.29) is 17.7 Å². The van der Waals surface area contributed by atoms with Crippen LogP contribution in [0.25, 0.3) is 0 Å². The summed E-state index contributed by atoms with van der Waals surface area (Å²) in [4.78, 5) is 2.18. The van der Waals surface area contributed by atoms with Crippen LogP contribution < -0.4 is 5.46 Å². The minimum Gasteiger partial charge on any atom is -0.423 e. The highest BCUT2D eigenvalue weighted by Gasteiger charge is 2.22. The first-order valence-corrected chi connectivity index (χ1v) is 6.47. The molecule has 0 spiro atoms. The van der Waals surface area contributed by atoms with E-state index in [0.29, 0.717) is 6.54 Å². The SMILES string of the molecule is CC1CN(Cc2cc(F)cc(B(O)O)c2)CC(C)O1. The number of nitrogens with zero attached hydrogens (tertiary/aromatic N) is 1. The predicted molar refractivity (Wildman–Crippen MR) is 71.5 cm³/mol. The molecule has 1 fully saturated rings. The van der Waals surface area contributed by atoms with E-state index in [4.69, 9.17) is 14.8 Å². The van der Waals surface area contributed by atoms with Gasteiger partial charge in [-0.2, -0.15) is 0 Å². The molecule has 104 valence electrons. The first-order valence-electron chi connectivity index (χ1n) is 6.47. The van der Waals surface area contributed by atoms with Crippen LogP contribution in [0, 0.1) is 5.82 Å². The van der Waals surface area contributed by atoms with Crippen LogP contribution in [0.2, 0.25) is 0 Å². The van der Waals surface area contributed by atoms with Crippen LogP contribution in [0.4, 0.5) is 4.39 Å². The number of rotatable bonds is 3. The maximum absolute atomic E-state index is 13.4. The third-order valence-corrected chi connectivity index (χ3v) is 3.18. The minimum atomic E-state index is -1.64. The number of benzene rings is 1. The highest BCUT2D eigenvalue weighted by atomic mass is 19.1. The standard InChI is InChI=1S/C13H19BFNO3/c1-9-6-16(7-10(2)19-9)8-11-3-12(14(17)18)5-13(15)4-11/h3-5,9-10,17-18H,6-8H2,1-2H3. The Morgan fingerprint density at radius 3 is 2.47 bits per heavy atom. The summed E-state index contributed by atoms with van der Waals surface area (Å²) in [5.41, 5.74) is 0.925. The first kappa shape index (κ1) is 14.5. The fraction of sp³-hybridized carbons (Fsp3) is 0.538. The number of hydrogen-bond donors (Lipinski definition) is 2. The Hall–Kier alpha value is -0.945. The van der Waals surface area contributed by atoms with Crippen LogP contribution >= 0.6 is 0 Å². The first-order chi connectivity index (χ1) is 8.94. The van der Waals surface area contributed by atoms with Gasteiger partial charge in [-0.25, -0.2) is 4.39 Å². The topological polar surface area (TPSA) is 52.9 Å². The second-order valence-electron chi connectivity index (χ2n) is 5.22. The van der Waals surface area contributed by atoms with Crippen LogP contribution in [0.3, 0.4) is 0 Å². The smallest absolute Gasteiger partial charge is 0.423 e. The molecule has 1 aromatic carbocycles. The van der Waals surface area contributed by atoms with Gasteiger partial charge in [-0.1, -0.05) is 6.07 Å². The van der Waals surface area contributed by atoms with Crippen LogP contribution in [-0.4, -0.2) is 47.4 Å². The Balaban J connectivity index is 2.10. The van der Waals surface area contributed by atoms with Gasteiger partial charge in [0.05, 0.1) is 12.2 Å². The van der Waals surface area contributed by atoms with Crippen LogP contribution in [-0.2, 0) is 11.3 Å². The molecule has 2 unspecified atom stereocenters. The molecule has 1 aliphatic heterocycles. The van der Waals surface area contributed by atoms with Gasteiger partial charge in [0.25, 0.3) is 0 Å². The molecule has 2 N–H and O–H groups in total. The molecule has 0 aliphatic carbocycles. The molecule has 1 heterocycles. The van der Waals surface area contributed by atoms with Gasteiger partial charge in [-0.05, 0) is 37.0 Å². The van der Waals surface area contributed by atoms with Crippen molar-refractivity contribution < 1.29 is 19.2 Å². The zero-order chi connectivity index (χ0) is 14.0. The molecule has 0 radical (unpaired) electrons. The molecule has 2 atom stereocenters. The quantitative estimate of drug-likeness (QED) is 0.763. The van der Waals surface area contributed by atoms with Crippen LogP contribution in [0.15, 0.2) is 18.2 Å².